The lowest BCUT2D eigenvalue weighted by Crippen LogP contribution is -2.36. The second-order valence-corrected chi connectivity index (χ2v) is 6.77. The van der Waals surface area contributed by atoms with E-state index in [0.717, 1.165) is 18.5 Å². The van der Waals surface area contributed by atoms with Gasteiger partial charge in [-0.05, 0) is 31.7 Å². The molecule has 1 nitrogen and oxygen atoms in total. The molecule has 0 aliphatic heterocycles. The Morgan fingerprint density at radius 2 is 1.10 bits per heavy atom. The average Bonchev–Trinajstić information content (AvgIpc) is 2.48. The van der Waals surface area contributed by atoms with Crippen LogP contribution >= 0.6 is 0 Å². The largest absolute Gasteiger partial charge is 0.314 e. The molecule has 0 aromatic rings. The Kier molecular flexibility index (Phi) is 16.3. The van der Waals surface area contributed by atoms with E-state index in [1.54, 1.807) is 0 Å². The highest BCUT2D eigenvalue weighted by molar-refractivity contribution is 4.76. The van der Waals surface area contributed by atoms with Gasteiger partial charge in [-0.1, -0.05) is 91.9 Å². The molecule has 1 unspecified atom stereocenters. The van der Waals surface area contributed by atoms with Crippen LogP contribution in [0.2, 0.25) is 0 Å². The molecular formula is C20H43N. The van der Waals surface area contributed by atoms with E-state index < -0.39 is 0 Å². The lowest BCUT2D eigenvalue weighted by Gasteiger charge is -2.27. The maximum absolute atomic E-state index is 3.77. The maximum Gasteiger partial charge on any atom is 0.00952 e. The maximum atomic E-state index is 3.77. The summed E-state index contributed by atoms with van der Waals surface area (Å²) in [7, 11) is 0. The Bertz CT molecular complexity index is 184. The molecule has 1 atom stereocenters. The van der Waals surface area contributed by atoms with E-state index >= 15 is 0 Å². The topological polar surface area (TPSA) is 12.0 Å². The summed E-state index contributed by atoms with van der Waals surface area (Å²) in [4.78, 5) is 0. The second kappa shape index (κ2) is 16.3. The lowest BCUT2D eigenvalue weighted by molar-refractivity contribution is 0.293. The molecule has 0 saturated heterocycles. The Morgan fingerprint density at radius 1 is 0.571 bits per heavy atom. The zero-order valence-corrected chi connectivity index (χ0v) is 15.6. The van der Waals surface area contributed by atoms with Gasteiger partial charge in [0.25, 0.3) is 0 Å². The van der Waals surface area contributed by atoms with E-state index in [0.29, 0.717) is 0 Å². The summed E-state index contributed by atoms with van der Waals surface area (Å²) in [6.07, 6.45) is 18.4. The van der Waals surface area contributed by atoms with Gasteiger partial charge in [-0.25, -0.2) is 0 Å². The molecule has 0 spiro atoms. The van der Waals surface area contributed by atoms with Crippen LogP contribution in [0, 0.1) is 5.92 Å². The number of hydrogen-bond donors (Lipinski definition) is 1. The highest BCUT2D eigenvalue weighted by Crippen LogP contribution is 2.22. The van der Waals surface area contributed by atoms with Crippen LogP contribution in [-0.4, -0.2) is 12.6 Å². The van der Waals surface area contributed by atoms with Crippen LogP contribution < -0.4 is 5.32 Å². The first kappa shape index (κ1) is 21.0. The molecule has 0 heterocycles. The van der Waals surface area contributed by atoms with Crippen molar-refractivity contribution < 1.29 is 0 Å². The molecule has 0 rings (SSSR count). The minimum atomic E-state index is 0.773. The van der Waals surface area contributed by atoms with E-state index in [9.17, 15) is 0 Å². The summed E-state index contributed by atoms with van der Waals surface area (Å²) in [5.74, 6) is 0.907. The zero-order valence-electron chi connectivity index (χ0n) is 15.6. The monoisotopic (exact) mass is 297 g/mol. The van der Waals surface area contributed by atoms with Gasteiger partial charge in [0.2, 0.25) is 0 Å². The number of hydrogen-bond acceptors (Lipinski definition) is 1. The van der Waals surface area contributed by atoms with Crippen molar-refractivity contribution in [1.82, 2.24) is 5.32 Å². The Labute approximate surface area is 135 Å². The van der Waals surface area contributed by atoms with Crippen LogP contribution in [0.1, 0.15) is 111 Å². The van der Waals surface area contributed by atoms with Crippen molar-refractivity contribution in [3.05, 3.63) is 0 Å². The third kappa shape index (κ3) is 12.2. The third-order valence-electron chi connectivity index (χ3n) is 4.72. The van der Waals surface area contributed by atoms with Gasteiger partial charge in [0.05, 0.1) is 0 Å². The molecule has 0 saturated carbocycles. The van der Waals surface area contributed by atoms with Gasteiger partial charge in [0.1, 0.15) is 0 Å². The van der Waals surface area contributed by atoms with Crippen molar-refractivity contribution in [1.29, 1.82) is 0 Å². The van der Waals surface area contributed by atoms with Crippen molar-refractivity contribution >= 4 is 0 Å². The van der Waals surface area contributed by atoms with Crippen LogP contribution in [0.15, 0.2) is 0 Å². The average molecular weight is 298 g/mol. The molecule has 128 valence electrons. The van der Waals surface area contributed by atoms with Crippen molar-refractivity contribution in [3.8, 4) is 0 Å². The van der Waals surface area contributed by atoms with Crippen LogP contribution in [0.5, 0.6) is 0 Å². The first-order chi connectivity index (χ1) is 10.3. The minimum absolute atomic E-state index is 0.773. The van der Waals surface area contributed by atoms with E-state index in [4.69, 9.17) is 0 Å². The van der Waals surface area contributed by atoms with E-state index in [2.05, 4.69) is 33.0 Å². The molecule has 0 fully saturated rings. The summed E-state index contributed by atoms with van der Waals surface area (Å²) < 4.78 is 0. The standard InChI is InChI=1S/C20H43N/c1-5-9-10-11-12-13-14-15-18-20(21-8-4)19(16-6-2)17-7-3/h19-21H,5-18H2,1-4H3. The summed E-state index contributed by atoms with van der Waals surface area (Å²) in [6, 6.07) is 0.773. The Balaban J connectivity index is 3.81. The molecule has 21 heavy (non-hydrogen) atoms. The van der Waals surface area contributed by atoms with Gasteiger partial charge in [-0.2, -0.15) is 0 Å². The molecule has 0 aromatic carbocycles. The van der Waals surface area contributed by atoms with Crippen LogP contribution in [0.3, 0.4) is 0 Å². The SMILES string of the molecule is CCCCCCCCCCC(NCC)C(CCC)CCC. The molecule has 0 radical (unpaired) electrons. The summed E-state index contributed by atoms with van der Waals surface area (Å²) in [6.45, 7) is 10.4. The van der Waals surface area contributed by atoms with Gasteiger partial charge >= 0.3 is 0 Å². The molecule has 0 aliphatic rings. The third-order valence-corrected chi connectivity index (χ3v) is 4.72. The first-order valence-corrected chi connectivity index (χ1v) is 10.0. The zero-order chi connectivity index (χ0) is 15.8. The summed E-state index contributed by atoms with van der Waals surface area (Å²) in [5.41, 5.74) is 0. The van der Waals surface area contributed by atoms with Crippen molar-refractivity contribution in [2.75, 3.05) is 6.54 Å². The predicted molar refractivity (Wildman–Crippen MR) is 98.0 cm³/mol. The number of nitrogens with one attached hydrogen (secondary N) is 1. The van der Waals surface area contributed by atoms with E-state index in [1.165, 1.54) is 83.5 Å². The molecule has 0 aliphatic carbocycles. The highest BCUT2D eigenvalue weighted by Gasteiger charge is 2.18. The fourth-order valence-corrected chi connectivity index (χ4v) is 3.55. The predicted octanol–water partition coefficient (Wildman–Crippen LogP) is 6.71. The molecular weight excluding hydrogens is 254 g/mol. The van der Waals surface area contributed by atoms with Crippen molar-refractivity contribution in [3.63, 3.8) is 0 Å². The normalized spacial score (nSPS) is 13.0. The van der Waals surface area contributed by atoms with Gasteiger partial charge in [0, 0.05) is 6.04 Å². The quantitative estimate of drug-likeness (QED) is 0.312. The Hall–Kier alpha value is -0.0400. The van der Waals surface area contributed by atoms with Crippen LogP contribution in [-0.2, 0) is 0 Å². The summed E-state index contributed by atoms with van der Waals surface area (Å²) >= 11 is 0. The second-order valence-electron chi connectivity index (χ2n) is 6.77. The molecule has 1 N–H and O–H groups in total. The van der Waals surface area contributed by atoms with Gasteiger partial charge < -0.3 is 5.32 Å². The van der Waals surface area contributed by atoms with Crippen LogP contribution in [0.4, 0.5) is 0 Å². The van der Waals surface area contributed by atoms with Gasteiger partial charge in [-0.3, -0.25) is 0 Å². The fraction of sp³-hybridized carbons (Fsp3) is 1.00. The van der Waals surface area contributed by atoms with Gasteiger partial charge in [0.15, 0.2) is 0 Å². The van der Waals surface area contributed by atoms with E-state index in [1.807, 2.05) is 0 Å². The van der Waals surface area contributed by atoms with Crippen molar-refractivity contribution in [2.24, 2.45) is 5.92 Å². The highest BCUT2D eigenvalue weighted by atomic mass is 14.9. The lowest BCUT2D eigenvalue weighted by atomic mass is 9.87. The first-order valence-electron chi connectivity index (χ1n) is 10.0. The smallest absolute Gasteiger partial charge is 0.00952 e. The number of unbranched alkanes of at least 4 members (excludes halogenated alkanes) is 7. The molecule has 0 amide bonds. The minimum Gasteiger partial charge on any atom is -0.314 e. The Morgan fingerprint density at radius 3 is 1.57 bits per heavy atom. The van der Waals surface area contributed by atoms with Crippen LogP contribution in [0.25, 0.3) is 0 Å². The molecule has 0 aromatic heterocycles. The van der Waals surface area contributed by atoms with Gasteiger partial charge in [-0.15, -0.1) is 0 Å². The summed E-state index contributed by atoms with van der Waals surface area (Å²) in [5, 5.41) is 3.77. The molecule has 0 bridgehead atoms. The van der Waals surface area contributed by atoms with E-state index in [-0.39, 0.29) is 0 Å². The van der Waals surface area contributed by atoms with Crippen molar-refractivity contribution in [2.45, 2.75) is 117 Å². The molecule has 1 heteroatoms. The number of rotatable bonds is 16. The fourth-order valence-electron chi connectivity index (χ4n) is 3.55.